The largest absolute Gasteiger partial charge is 0.481 e. The smallest absolute Gasteiger partial charge is 0.407 e. The van der Waals surface area contributed by atoms with Crippen LogP contribution in [0.5, 0.6) is 0 Å². The van der Waals surface area contributed by atoms with E-state index in [4.69, 9.17) is 4.74 Å². The fraction of sp³-hybridized carbons (Fsp3) is 0.393. The van der Waals surface area contributed by atoms with Crippen molar-refractivity contribution in [1.29, 1.82) is 0 Å². The Morgan fingerprint density at radius 3 is 2.23 bits per heavy atom. The van der Waals surface area contributed by atoms with Crippen molar-refractivity contribution in [1.82, 2.24) is 10.2 Å². The Bertz CT molecular complexity index is 1090. The first kappa shape index (κ1) is 24.5. The number of hydrogen-bond acceptors (Lipinski definition) is 4. The first-order valence-corrected chi connectivity index (χ1v) is 12.1. The molecular formula is C28H32N2O5. The number of alkyl carbamates (subject to hydrolysis) is 1. The van der Waals surface area contributed by atoms with E-state index in [2.05, 4.69) is 36.2 Å². The summed E-state index contributed by atoms with van der Waals surface area (Å²) in [5.74, 6) is -1.43. The van der Waals surface area contributed by atoms with Gasteiger partial charge in [0.05, 0.1) is 0 Å². The summed E-state index contributed by atoms with van der Waals surface area (Å²) in [4.78, 5) is 39.2. The molecule has 2 aromatic carbocycles. The number of hydrogen-bond donors (Lipinski definition) is 2. The summed E-state index contributed by atoms with van der Waals surface area (Å²) in [5.41, 5.74) is 3.52. The second-order valence-corrected chi connectivity index (χ2v) is 9.61. The van der Waals surface area contributed by atoms with Crippen LogP contribution in [0.25, 0.3) is 11.1 Å². The average Bonchev–Trinajstić information content (AvgIpc) is 3.16. The lowest BCUT2D eigenvalue weighted by molar-refractivity contribution is -0.167. The third-order valence-electron chi connectivity index (χ3n) is 7.38. The number of nitrogens with one attached hydrogen (secondary N) is 1. The van der Waals surface area contributed by atoms with Gasteiger partial charge in [-0.25, -0.2) is 4.79 Å². The molecule has 2 aromatic rings. The SMILES string of the molecule is C=CCC1(C(=O)O)CN(C(=O)[C@@H](NC(=O)OCC2c3ccccc3-c3ccccc32)[C@@H](C)CC)C1. The fourth-order valence-electron chi connectivity index (χ4n) is 5.12. The van der Waals surface area contributed by atoms with E-state index in [0.717, 1.165) is 22.3 Å². The number of aliphatic carboxylic acids is 1. The lowest BCUT2D eigenvalue weighted by atomic mass is 9.76. The third kappa shape index (κ3) is 4.55. The number of benzene rings is 2. The van der Waals surface area contributed by atoms with Gasteiger partial charge in [-0.05, 0) is 34.6 Å². The number of fused-ring (bicyclic) bond motifs is 3. The van der Waals surface area contributed by atoms with Gasteiger partial charge in [-0.3, -0.25) is 9.59 Å². The normalized spacial score (nSPS) is 17.4. The maximum Gasteiger partial charge on any atom is 0.407 e. The predicted octanol–water partition coefficient (Wildman–Crippen LogP) is 4.43. The molecule has 7 heteroatoms. The molecule has 1 aliphatic heterocycles. The van der Waals surface area contributed by atoms with E-state index < -0.39 is 23.5 Å². The first-order chi connectivity index (χ1) is 16.8. The van der Waals surface area contributed by atoms with E-state index >= 15 is 0 Å². The molecule has 1 heterocycles. The molecule has 1 saturated heterocycles. The molecule has 2 amide bonds. The van der Waals surface area contributed by atoms with Gasteiger partial charge in [0.15, 0.2) is 0 Å². The van der Waals surface area contributed by atoms with Gasteiger partial charge in [-0.2, -0.15) is 0 Å². The molecule has 4 rings (SSSR count). The predicted molar refractivity (Wildman–Crippen MR) is 133 cm³/mol. The van der Waals surface area contributed by atoms with E-state index in [-0.39, 0.29) is 37.4 Å². The van der Waals surface area contributed by atoms with E-state index in [1.54, 1.807) is 6.08 Å². The molecule has 0 aromatic heterocycles. The van der Waals surface area contributed by atoms with Crippen molar-refractivity contribution in [3.8, 4) is 11.1 Å². The highest BCUT2D eigenvalue weighted by molar-refractivity contribution is 5.89. The van der Waals surface area contributed by atoms with Crippen molar-refractivity contribution in [2.24, 2.45) is 11.3 Å². The zero-order chi connectivity index (χ0) is 25.2. The lowest BCUT2D eigenvalue weighted by Crippen LogP contribution is -2.65. The van der Waals surface area contributed by atoms with Crippen LogP contribution in [-0.4, -0.2) is 53.7 Å². The van der Waals surface area contributed by atoms with Gasteiger partial charge in [-0.15, -0.1) is 6.58 Å². The van der Waals surface area contributed by atoms with Gasteiger partial charge in [0.2, 0.25) is 5.91 Å². The number of nitrogens with zero attached hydrogens (tertiary/aromatic N) is 1. The van der Waals surface area contributed by atoms with Crippen molar-refractivity contribution in [2.75, 3.05) is 19.7 Å². The minimum Gasteiger partial charge on any atom is -0.481 e. The van der Waals surface area contributed by atoms with Crippen LogP contribution < -0.4 is 5.32 Å². The average molecular weight is 477 g/mol. The van der Waals surface area contributed by atoms with Crippen molar-refractivity contribution < 1.29 is 24.2 Å². The van der Waals surface area contributed by atoms with Crippen molar-refractivity contribution in [3.63, 3.8) is 0 Å². The van der Waals surface area contributed by atoms with Crippen LogP contribution in [0, 0.1) is 11.3 Å². The molecule has 2 N–H and O–H groups in total. The number of rotatable bonds is 9. The molecule has 1 fully saturated rings. The minimum absolute atomic E-state index is 0.0728. The molecule has 184 valence electrons. The Morgan fingerprint density at radius 2 is 1.71 bits per heavy atom. The third-order valence-corrected chi connectivity index (χ3v) is 7.38. The highest BCUT2D eigenvalue weighted by atomic mass is 16.5. The number of carbonyl (C=O) groups excluding carboxylic acids is 2. The molecule has 0 saturated carbocycles. The molecule has 2 atom stereocenters. The van der Waals surface area contributed by atoms with E-state index in [1.165, 1.54) is 4.90 Å². The fourth-order valence-corrected chi connectivity index (χ4v) is 5.12. The maximum atomic E-state index is 13.2. The van der Waals surface area contributed by atoms with Gasteiger partial charge >= 0.3 is 12.1 Å². The number of likely N-dealkylation sites (tertiary alicyclic amines) is 1. The number of carbonyl (C=O) groups is 3. The Kier molecular flexibility index (Phi) is 6.96. The van der Waals surface area contributed by atoms with Gasteiger partial charge < -0.3 is 20.1 Å². The van der Waals surface area contributed by atoms with Crippen molar-refractivity contribution in [2.45, 2.75) is 38.6 Å². The number of ether oxygens (including phenoxy) is 1. The summed E-state index contributed by atoms with van der Waals surface area (Å²) >= 11 is 0. The van der Waals surface area contributed by atoms with Crippen molar-refractivity contribution >= 4 is 18.0 Å². The summed E-state index contributed by atoms with van der Waals surface area (Å²) in [5, 5.41) is 12.3. The van der Waals surface area contributed by atoms with Crippen LogP contribution in [0.2, 0.25) is 0 Å². The molecule has 2 aliphatic rings. The summed E-state index contributed by atoms with van der Waals surface area (Å²) in [6.07, 6.45) is 1.88. The number of carboxylic acid groups (broad SMARTS) is 1. The Morgan fingerprint density at radius 1 is 1.14 bits per heavy atom. The summed E-state index contributed by atoms with van der Waals surface area (Å²) in [6.45, 7) is 7.84. The number of amides is 2. The van der Waals surface area contributed by atoms with E-state index in [0.29, 0.717) is 12.8 Å². The van der Waals surface area contributed by atoms with Crippen LogP contribution in [0.15, 0.2) is 61.2 Å². The van der Waals surface area contributed by atoms with Crippen molar-refractivity contribution in [3.05, 3.63) is 72.3 Å². The standard InChI is InChI=1S/C28H32N2O5/c1-4-14-28(26(32)33)16-30(17-28)25(31)24(18(3)5-2)29-27(34)35-15-23-21-12-8-6-10-19(21)20-11-7-9-13-22(20)23/h4,6-13,18,23-24H,1,5,14-17H2,2-3H3,(H,29,34)(H,32,33)/t18-,24-/m0/s1. The molecule has 0 bridgehead atoms. The summed E-state index contributed by atoms with van der Waals surface area (Å²) in [7, 11) is 0. The van der Waals surface area contributed by atoms with Gasteiger partial charge in [-0.1, -0.05) is 74.9 Å². The molecular weight excluding hydrogens is 444 g/mol. The maximum absolute atomic E-state index is 13.2. The lowest BCUT2D eigenvalue weighted by Gasteiger charge is -2.48. The summed E-state index contributed by atoms with van der Waals surface area (Å²) in [6, 6.07) is 15.4. The molecule has 0 spiro atoms. The topological polar surface area (TPSA) is 95.9 Å². The molecule has 1 aliphatic carbocycles. The second-order valence-electron chi connectivity index (χ2n) is 9.61. The zero-order valence-corrected chi connectivity index (χ0v) is 20.2. The van der Waals surface area contributed by atoms with Gasteiger partial charge in [0, 0.05) is 19.0 Å². The Hall–Kier alpha value is -3.61. The van der Waals surface area contributed by atoms with Crippen LogP contribution in [-0.2, 0) is 14.3 Å². The summed E-state index contributed by atoms with van der Waals surface area (Å²) < 4.78 is 5.64. The minimum atomic E-state index is -0.999. The molecule has 0 radical (unpaired) electrons. The molecule has 7 nitrogen and oxygen atoms in total. The van der Waals surface area contributed by atoms with E-state index in [1.807, 2.05) is 38.1 Å². The second kappa shape index (κ2) is 9.94. The van der Waals surface area contributed by atoms with Gasteiger partial charge in [0.25, 0.3) is 0 Å². The number of carboxylic acids is 1. The van der Waals surface area contributed by atoms with Crippen LogP contribution in [0.1, 0.15) is 43.7 Å². The van der Waals surface area contributed by atoms with Crippen LogP contribution in [0.3, 0.4) is 0 Å². The van der Waals surface area contributed by atoms with Gasteiger partial charge in [0.1, 0.15) is 18.1 Å². The molecule has 0 unspecified atom stereocenters. The molecule has 35 heavy (non-hydrogen) atoms. The Labute approximate surface area is 205 Å². The zero-order valence-electron chi connectivity index (χ0n) is 20.2. The highest BCUT2D eigenvalue weighted by Crippen LogP contribution is 2.44. The highest BCUT2D eigenvalue weighted by Gasteiger charge is 2.51. The van der Waals surface area contributed by atoms with Crippen LogP contribution >= 0.6 is 0 Å². The monoisotopic (exact) mass is 476 g/mol. The van der Waals surface area contributed by atoms with E-state index in [9.17, 15) is 19.5 Å². The Balaban J connectivity index is 1.42. The van der Waals surface area contributed by atoms with Crippen LogP contribution in [0.4, 0.5) is 4.79 Å². The quantitative estimate of drug-likeness (QED) is 0.522. The first-order valence-electron chi connectivity index (χ1n) is 12.1. The number of allylic oxidation sites excluding steroid dienone is 1.